The maximum atomic E-state index is 12.9. The molecule has 0 aliphatic carbocycles. The number of aromatic nitrogens is 1. The smallest absolute Gasteiger partial charge is 0.357 e. The number of nitrogens with zero attached hydrogens (tertiary/aromatic N) is 1. The molecule has 2 aromatic carbocycles. The number of carbonyl (C=O) groups excluding carboxylic acids is 4. The highest BCUT2D eigenvalue weighted by Gasteiger charge is 2.51. The molecule has 1 aliphatic rings. The zero-order valence-electron chi connectivity index (χ0n) is 20.6. The number of ether oxygens (including phenoxy) is 5. The van der Waals surface area contributed by atoms with Crippen LogP contribution in [0.25, 0.3) is 0 Å². The van der Waals surface area contributed by atoms with E-state index in [4.69, 9.17) is 23.7 Å². The minimum Gasteiger partial charge on any atom is -0.461 e. The zero-order chi connectivity index (χ0) is 27.1. The third-order valence-corrected chi connectivity index (χ3v) is 6.41. The summed E-state index contributed by atoms with van der Waals surface area (Å²) in [7, 11) is 0. The quantitative estimate of drug-likeness (QED) is 0.293. The lowest BCUT2D eigenvalue weighted by Gasteiger charge is -2.23. The van der Waals surface area contributed by atoms with Crippen molar-refractivity contribution in [2.45, 2.75) is 38.3 Å². The SMILES string of the molecule is CCOC(=O)c1csc([C@@H]2O[C@H](COC(=O)c3ccccc3)[C@H](OC(=O)c3ccccc3)[C@H]2OC(C)=O)n1. The van der Waals surface area contributed by atoms with Gasteiger partial charge >= 0.3 is 23.9 Å². The average molecular weight is 540 g/mol. The molecular weight excluding hydrogens is 514 g/mol. The molecule has 0 spiro atoms. The van der Waals surface area contributed by atoms with Gasteiger partial charge < -0.3 is 23.7 Å². The number of hydrogen-bond donors (Lipinski definition) is 0. The van der Waals surface area contributed by atoms with Gasteiger partial charge in [0.1, 0.15) is 17.7 Å². The Bertz CT molecular complexity index is 1280. The van der Waals surface area contributed by atoms with Gasteiger partial charge in [-0.05, 0) is 31.2 Å². The molecule has 4 atom stereocenters. The van der Waals surface area contributed by atoms with Gasteiger partial charge in [-0.25, -0.2) is 19.4 Å². The van der Waals surface area contributed by atoms with E-state index < -0.39 is 48.3 Å². The normalized spacial score (nSPS) is 20.4. The van der Waals surface area contributed by atoms with Gasteiger partial charge in [0.05, 0.1) is 17.7 Å². The van der Waals surface area contributed by atoms with Gasteiger partial charge in [0.15, 0.2) is 24.0 Å². The van der Waals surface area contributed by atoms with Crippen LogP contribution in [-0.4, -0.2) is 60.4 Å². The summed E-state index contributed by atoms with van der Waals surface area (Å²) in [5, 5.41) is 1.80. The summed E-state index contributed by atoms with van der Waals surface area (Å²) in [5.74, 6) is -2.54. The summed E-state index contributed by atoms with van der Waals surface area (Å²) in [6.45, 7) is 2.76. The summed E-state index contributed by atoms with van der Waals surface area (Å²) < 4.78 is 27.9. The van der Waals surface area contributed by atoms with Gasteiger partial charge in [-0.3, -0.25) is 4.79 Å². The van der Waals surface area contributed by atoms with E-state index in [2.05, 4.69) is 4.98 Å². The topological polar surface area (TPSA) is 127 Å². The van der Waals surface area contributed by atoms with E-state index >= 15 is 0 Å². The van der Waals surface area contributed by atoms with Crippen molar-refractivity contribution in [3.05, 3.63) is 87.9 Å². The van der Waals surface area contributed by atoms with E-state index in [0.717, 1.165) is 11.3 Å². The van der Waals surface area contributed by atoms with Gasteiger partial charge in [-0.1, -0.05) is 36.4 Å². The molecule has 0 unspecified atom stereocenters. The van der Waals surface area contributed by atoms with Gasteiger partial charge in [-0.2, -0.15) is 0 Å². The van der Waals surface area contributed by atoms with Crippen molar-refractivity contribution in [2.24, 2.45) is 0 Å². The van der Waals surface area contributed by atoms with Crippen LogP contribution in [0.5, 0.6) is 0 Å². The van der Waals surface area contributed by atoms with Crippen LogP contribution >= 0.6 is 11.3 Å². The summed E-state index contributed by atoms with van der Waals surface area (Å²) in [6, 6.07) is 16.6. The lowest BCUT2D eigenvalue weighted by molar-refractivity contribution is -0.153. The number of esters is 4. The van der Waals surface area contributed by atoms with Crippen molar-refractivity contribution >= 4 is 35.2 Å². The monoisotopic (exact) mass is 539 g/mol. The van der Waals surface area contributed by atoms with Crippen molar-refractivity contribution in [3.8, 4) is 0 Å². The minimum absolute atomic E-state index is 0.0637. The van der Waals surface area contributed by atoms with Gasteiger partial charge in [0, 0.05) is 12.3 Å². The van der Waals surface area contributed by atoms with Crippen LogP contribution in [0, 0.1) is 0 Å². The highest BCUT2D eigenvalue weighted by atomic mass is 32.1. The third-order valence-electron chi connectivity index (χ3n) is 5.50. The summed E-state index contributed by atoms with van der Waals surface area (Å²) in [6.07, 6.45) is -4.27. The fourth-order valence-electron chi connectivity index (χ4n) is 3.82. The predicted octanol–water partition coefficient (Wildman–Crippen LogP) is 3.77. The van der Waals surface area contributed by atoms with E-state index in [1.165, 1.54) is 12.3 Å². The molecule has 1 aliphatic heterocycles. The van der Waals surface area contributed by atoms with Crippen LogP contribution in [0.4, 0.5) is 0 Å². The Balaban J connectivity index is 1.61. The molecule has 0 amide bonds. The molecule has 3 aromatic rings. The third kappa shape index (κ3) is 6.42. The highest BCUT2D eigenvalue weighted by Crippen LogP contribution is 2.39. The number of hydrogen-bond acceptors (Lipinski definition) is 11. The molecule has 0 radical (unpaired) electrons. The molecule has 0 saturated carbocycles. The Morgan fingerprint density at radius 1 is 0.842 bits per heavy atom. The lowest BCUT2D eigenvalue weighted by atomic mass is 10.1. The van der Waals surface area contributed by atoms with Crippen LogP contribution < -0.4 is 0 Å². The van der Waals surface area contributed by atoms with Crippen LogP contribution in [0.15, 0.2) is 66.0 Å². The molecule has 1 saturated heterocycles. The first-order chi connectivity index (χ1) is 18.4. The summed E-state index contributed by atoms with van der Waals surface area (Å²) in [5.41, 5.74) is 0.667. The van der Waals surface area contributed by atoms with E-state index in [9.17, 15) is 19.2 Å². The Morgan fingerprint density at radius 3 is 2.08 bits per heavy atom. The molecule has 2 heterocycles. The molecule has 1 aromatic heterocycles. The second-order valence-electron chi connectivity index (χ2n) is 8.16. The molecule has 0 N–H and O–H groups in total. The highest BCUT2D eigenvalue weighted by molar-refractivity contribution is 7.09. The molecule has 11 heteroatoms. The first-order valence-electron chi connectivity index (χ1n) is 11.8. The van der Waals surface area contributed by atoms with Gasteiger partial charge in [-0.15, -0.1) is 11.3 Å². The molecule has 0 bridgehead atoms. The van der Waals surface area contributed by atoms with E-state index in [1.54, 1.807) is 67.6 Å². The Labute approximate surface area is 222 Å². The Hall–Kier alpha value is -4.09. The summed E-state index contributed by atoms with van der Waals surface area (Å²) >= 11 is 1.10. The fraction of sp³-hybridized carbons (Fsp3) is 0.296. The van der Waals surface area contributed by atoms with Crippen LogP contribution in [0.3, 0.4) is 0 Å². The first kappa shape index (κ1) is 27.0. The maximum absolute atomic E-state index is 12.9. The molecular formula is C27H25NO9S. The van der Waals surface area contributed by atoms with E-state index in [1.807, 2.05) is 0 Å². The molecule has 1 fully saturated rings. The zero-order valence-corrected chi connectivity index (χ0v) is 21.4. The lowest BCUT2D eigenvalue weighted by Crippen LogP contribution is -2.40. The van der Waals surface area contributed by atoms with Crippen molar-refractivity contribution in [2.75, 3.05) is 13.2 Å². The molecule has 198 valence electrons. The molecule has 38 heavy (non-hydrogen) atoms. The van der Waals surface area contributed by atoms with Crippen molar-refractivity contribution in [3.63, 3.8) is 0 Å². The molecule has 10 nitrogen and oxygen atoms in total. The fourth-order valence-corrected chi connectivity index (χ4v) is 4.68. The number of benzene rings is 2. The van der Waals surface area contributed by atoms with Crippen LogP contribution in [0.1, 0.15) is 56.2 Å². The van der Waals surface area contributed by atoms with Crippen LogP contribution in [-0.2, 0) is 28.5 Å². The van der Waals surface area contributed by atoms with Crippen molar-refractivity contribution in [1.29, 1.82) is 0 Å². The van der Waals surface area contributed by atoms with Crippen molar-refractivity contribution in [1.82, 2.24) is 4.98 Å². The van der Waals surface area contributed by atoms with E-state index in [0.29, 0.717) is 10.6 Å². The minimum atomic E-state index is -1.14. The van der Waals surface area contributed by atoms with Crippen LogP contribution in [0.2, 0.25) is 0 Å². The second kappa shape index (κ2) is 12.4. The number of thiazole rings is 1. The number of carbonyl (C=O) groups is 4. The Kier molecular flexibility index (Phi) is 8.82. The largest absolute Gasteiger partial charge is 0.461 e. The predicted molar refractivity (Wildman–Crippen MR) is 134 cm³/mol. The van der Waals surface area contributed by atoms with Gasteiger partial charge in [0.2, 0.25) is 0 Å². The van der Waals surface area contributed by atoms with Gasteiger partial charge in [0.25, 0.3) is 0 Å². The summed E-state index contributed by atoms with van der Waals surface area (Å²) in [4.78, 5) is 54.0. The standard InChI is InChI=1S/C27H25NO9S/c1-3-33-27(32)19-15-38-24(28-19)23-22(35-16(2)29)21(37-26(31)18-12-8-5-9-13-18)20(36-23)14-34-25(30)17-10-6-4-7-11-17/h4-13,15,20-23H,3,14H2,1-2H3/t20-,21+,22-,23-/m1/s1. The van der Waals surface area contributed by atoms with Crippen molar-refractivity contribution < 1.29 is 42.9 Å². The van der Waals surface area contributed by atoms with E-state index in [-0.39, 0.29) is 24.5 Å². The maximum Gasteiger partial charge on any atom is 0.357 e. The average Bonchev–Trinajstić information content (AvgIpc) is 3.54. The Morgan fingerprint density at radius 2 is 1.47 bits per heavy atom. The first-order valence-corrected chi connectivity index (χ1v) is 12.7. The second-order valence-corrected chi connectivity index (χ2v) is 9.05. The molecule has 4 rings (SSSR count). The number of rotatable bonds is 9.